The Morgan fingerprint density at radius 3 is 2.65 bits per heavy atom. The summed E-state index contributed by atoms with van der Waals surface area (Å²) in [6, 6.07) is 14.9. The van der Waals surface area contributed by atoms with Crippen LogP contribution in [0.15, 0.2) is 59.5 Å². The highest BCUT2D eigenvalue weighted by Gasteiger charge is 2.48. The van der Waals surface area contributed by atoms with Crippen LogP contribution in [0.5, 0.6) is 5.75 Å². The Morgan fingerprint density at radius 2 is 1.94 bits per heavy atom. The fourth-order valence-corrected chi connectivity index (χ4v) is 7.35. The number of ether oxygens (including phenoxy) is 1. The number of pyridine rings is 1. The molecule has 34 heavy (non-hydrogen) atoms. The number of carbonyl (C=O) groups excluding carboxylic acids is 1. The quantitative estimate of drug-likeness (QED) is 0.393. The maximum absolute atomic E-state index is 13.4. The molecule has 1 atom stereocenters. The first-order valence-corrected chi connectivity index (χ1v) is 13.2. The van der Waals surface area contributed by atoms with Gasteiger partial charge in [-0.05, 0) is 57.2 Å². The van der Waals surface area contributed by atoms with Crippen molar-refractivity contribution >= 4 is 38.6 Å². The standard InChI is InChI=1S/C24H27N3O5S2/c1-16-14-17(20-6-4-5-7-21(20)25-16)15-32-18-8-10-19(11-9-18)34(30,31)27-12-13-33-24(2,3)22(27)23(28)26-29/h4-11,14,22,29H,12-13,15H2,1-3H3,(H,26,28)/t22-/m0/s1. The van der Waals surface area contributed by atoms with Crippen molar-refractivity contribution in [3.63, 3.8) is 0 Å². The summed E-state index contributed by atoms with van der Waals surface area (Å²) in [4.78, 5) is 17.0. The van der Waals surface area contributed by atoms with E-state index in [0.717, 1.165) is 26.5 Å². The number of hydrogen-bond acceptors (Lipinski definition) is 7. The van der Waals surface area contributed by atoms with E-state index in [9.17, 15) is 18.4 Å². The summed E-state index contributed by atoms with van der Waals surface area (Å²) in [5.74, 6) is 0.319. The van der Waals surface area contributed by atoms with Crippen LogP contribution >= 0.6 is 11.8 Å². The molecule has 1 aliphatic rings. The van der Waals surface area contributed by atoms with Crippen molar-refractivity contribution in [2.45, 2.75) is 43.1 Å². The summed E-state index contributed by atoms with van der Waals surface area (Å²) in [5, 5.41) is 10.2. The number of nitrogens with one attached hydrogen (secondary N) is 1. The second kappa shape index (κ2) is 9.53. The number of para-hydroxylation sites is 1. The summed E-state index contributed by atoms with van der Waals surface area (Å²) in [7, 11) is -3.97. The van der Waals surface area contributed by atoms with E-state index >= 15 is 0 Å². The zero-order chi connectivity index (χ0) is 24.5. The second-order valence-corrected chi connectivity index (χ2v) is 12.3. The van der Waals surface area contributed by atoms with Gasteiger partial charge in [-0.3, -0.25) is 15.0 Å². The van der Waals surface area contributed by atoms with Gasteiger partial charge in [-0.2, -0.15) is 16.1 Å². The van der Waals surface area contributed by atoms with Crippen LogP contribution in [0.25, 0.3) is 10.9 Å². The SMILES string of the molecule is Cc1cc(COc2ccc(S(=O)(=O)N3CCSC(C)(C)[C@@H]3C(=O)NO)cc2)c2ccccc2n1. The molecular weight excluding hydrogens is 474 g/mol. The number of aromatic nitrogens is 1. The lowest BCUT2D eigenvalue weighted by molar-refractivity contribution is -0.134. The molecule has 1 aromatic heterocycles. The van der Waals surface area contributed by atoms with Crippen molar-refractivity contribution in [2.75, 3.05) is 12.3 Å². The summed E-state index contributed by atoms with van der Waals surface area (Å²) >= 11 is 1.49. The topological polar surface area (TPSA) is 109 Å². The fourth-order valence-electron chi connectivity index (χ4n) is 4.24. The van der Waals surface area contributed by atoms with E-state index in [4.69, 9.17) is 4.74 Å². The van der Waals surface area contributed by atoms with Gasteiger partial charge >= 0.3 is 0 Å². The maximum Gasteiger partial charge on any atom is 0.263 e. The molecule has 0 spiro atoms. The minimum Gasteiger partial charge on any atom is -0.489 e. The zero-order valence-electron chi connectivity index (χ0n) is 19.2. The van der Waals surface area contributed by atoms with Gasteiger partial charge in [0.2, 0.25) is 10.0 Å². The lowest BCUT2D eigenvalue weighted by atomic mass is 10.0. The number of benzene rings is 2. The number of aryl methyl sites for hydroxylation is 1. The van der Waals surface area contributed by atoms with Gasteiger partial charge in [-0.25, -0.2) is 13.9 Å². The molecule has 2 heterocycles. The Kier molecular flexibility index (Phi) is 6.86. The Balaban J connectivity index is 1.55. The van der Waals surface area contributed by atoms with Crippen LogP contribution < -0.4 is 10.2 Å². The number of hydroxylamine groups is 1. The number of fused-ring (bicyclic) bond motifs is 1. The van der Waals surface area contributed by atoms with Crippen LogP contribution in [0.2, 0.25) is 0 Å². The Morgan fingerprint density at radius 1 is 1.24 bits per heavy atom. The number of amides is 1. The van der Waals surface area contributed by atoms with Crippen LogP contribution in [-0.4, -0.2) is 51.9 Å². The lowest BCUT2D eigenvalue weighted by Crippen LogP contribution is -2.61. The number of carbonyl (C=O) groups is 1. The molecule has 1 saturated heterocycles. The molecule has 0 saturated carbocycles. The molecule has 4 rings (SSSR count). The normalized spacial score (nSPS) is 18.5. The molecule has 2 N–H and O–H groups in total. The van der Waals surface area contributed by atoms with Gasteiger partial charge in [-0.15, -0.1) is 0 Å². The summed E-state index contributed by atoms with van der Waals surface area (Å²) in [6.07, 6.45) is 0. The third-order valence-electron chi connectivity index (χ3n) is 5.85. The molecule has 8 nitrogen and oxygen atoms in total. The third-order valence-corrected chi connectivity index (χ3v) is 9.08. The van der Waals surface area contributed by atoms with E-state index in [0.29, 0.717) is 18.1 Å². The van der Waals surface area contributed by atoms with Crippen LogP contribution in [0, 0.1) is 6.92 Å². The summed E-state index contributed by atoms with van der Waals surface area (Å²) in [5.41, 5.74) is 4.40. The number of sulfonamides is 1. The zero-order valence-corrected chi connectivity index (χ0v) is 20.8. The van der Waals surface area contributed by atoms with E-state index in [1.165, 1.54) is 23.9 Å². The van der Waals surface area contributed by atoms with E-state index in [1.54, 1.807) is 31.5 Å². The molecule has 2 aromatic carbocycles. The van der Waals surface area contributed by atoms with E-state index < -0.39 is 26.7 Å². The molecular formula is C24H27N3O5S2. The predicted molar refractivity (Wildman–Crippen MR) is 131 cm³/mol. The minimum absolute atomic E-state index is 0.0588. The molecule has 3 aromatic rings. The van der Waals surface area contributed by atoms with Gasteiger partial charge < -0.3 is 4.74 Å². The van der Waals surface area contributed by atoms with Crippen molar-refractivity contribution in [1.82, 2.24) is 14.8 Å². The lowest BCUT2D eigenvalue weighted by Gasteiger charge is -2.43. The third kappa shape index (κ3) is 4.76. The molecule has 180 valence electrons. The number of rotatable bonds is 6. The monoisotopic (exact) mass is 501 g/mol. The fraction of sp³-hybridized carbons (Fsp3) is 0.333. The van der Waals surface area contributed by atoms with Gasteiger partial charge in [0.15, 0.2) is 0 Å². The molecule has 0 radical (unpaired) electrons. The van der Waals surface area contributed by atoms with E-state index in [2.05, 4.69) is 4.98 Å². The van der Waals surface area contributed by atoms with Gasteiger partial charge in [0, 0.05) is 33.7 Å². The molecule has 1 fully saturated rings. The minimum atomic E-state index is -3.97. The second-order valence-electron chi connectivity index (χ2n) is 8.65. The van der Waals surface area contributed by atoms with Gasteiger partial charge in [0.1, 0.15) is 18.4 Å². The van der Waals surface area contributed by atoms with E-state index in [1.807, 2.05) is 37.3 Å². The summed E-state index contributed by atoms with van der Waals surface area (Å²) < 4.78 is 33.2. The number of nitrogens with zero attached hydrogens (tertiary/aromatic N) is 2. The molecule has 0 aliphatic carbocycles. The Hall–Kier alpha value is -2.66. The highest BCUT2D eigenvalue weighted by Crippen LogP contribution is 2.38. The van der Waals surface area contributed by atoms with Crippen molar-refractivity contribution in [3.8, 4) is 5.75 Å². The molecule has 1 aliphatic heterocycles. The highest BCUT2D eigenvalue weighted by atomic mass is 32.2. The van der Waals surface area contributed by atoms with Crippen LogP contribution in [0.1, 0.15) is 25.1 Å². The smallest absolute Gasteiger partial charge is 0.263 e. The Bertz CT molecular complexity index is 1310. The molecule has 10 heteroatoms. The first kappa shape index (κ1) is 24.5. The van der Waals surface area contributed by atoms with Crippen molar-refractivity contribution in [3.05, 3.63) is 65.9 Å². The molecule has 1 amide bonds. The largest absolute Gasteiger partial charge is 0.489 e. The molecule has 0 bridgehead atoms. The average Bonchev–Trinajstić information content (AvgIpc) is 2.81. The van der Waals surface area contributed by atoms with Crippen LogP contribution in [0.3, 0.4) is 0 Å². The van der Waals surface area contributed by atoms with Gasteiger partial charge in [0.05, 0.1) is 10.4 Å². The first-order chi connectivity index (χ1) is 16.1. The first-order valence-electron chi connectivity index (χ1n) is 10.8. The van der Waals surface area contributed by atoms with Crippen molar-refractivity contribution < 1.29 is 23.2 Å². The molecule has 0 unspecified atom stereocenters. The highest BCUT2D eigenvalue weighted by molar-refractivity contribution is 8.00. The average molecular weight is 502 g/mol. The Labute approximate surface area is 203 Å². The van der Waals surface area contributed by atoms with Crippen molar-refractivity contribution in [1.29, 1.82) is 0 Å². The van der Waals surface area contributed by atoms with Gasteiger partial charge in [0.25, 0.3) is 5.91 Å². The van der Waals surface area contributed by atoms with Crippen LogP contribution in [0.4, 0.5) is 0 Å². The van der Waals surface area contributed by atoms with Crippen molar-refractivity contribution in [2.24, 2.45) is 0 Å². The maximum atomic E-state index is 13.4. The van der Waals surface area contributed by atoms with Gasteiger partial charge in [-0.1, -0.05) is 18.2 Å². The predicted octanol–water partition coefficient (Wildman–Crippen LogP) is 3.51. The van der Waals surface area contributed by atoms with Crippen LogP contribution in [-0.2, 0) is 21.4 Å². The number of thioether (sulfide) groups is 1. The summed E-state index contributed by atoms with van der Waals surface area (Å²) in [6.45, 7) is 6.00. The number of hydrogen-bond donors (Lipinski definition) is 2. The van der Waals surface area contributed by atoms with E-state index in [-0.39, 0.29) is 11.4 Å².